The number of aromatic nitrogens is 3. The van der Waals surface area contributed by atoms with Crippen LogP contribution in [0.15, 0.2) is 176 Å². The summed E-state index contributed by atoms with van der Waals surface area (Å²) in [4.78, 5) is 7.68. The standard InChI is InChI=1S/C44H29ClN4/c45-38-25-13-12-24-36(38)41-37-29-34(48(32-19-6-2-7-20-32)40-26-14-18-30-15-10-11-23-35(30)40)27-28-39(37)46-44-42(41)43(31-16-4-1-5-17-31)47-49(44)33-21-8-3-9-22-33/h1-29H. The van der Waals surface area contributed by atoms with E-state index in [-0.39, 0.29) is 0 Å². The van der Waals surface area contributed by atoms with Gasteiger partial charge in [0.25, 0.3) is 0 Å². The van der Waals surface area contributed by atoms with E-state index in [1.807, 2.05) is 59.3 Å². The quantitative estimate of drug-likeness (QED) is 0.180. The van der Waals surface area contributed by atoms with Gasteiger partial charge >= 0.3 is 0 Å². The number of nitrogens with zero attached hydrogens (tertiary/aromatic N) is 4. The first kappa shape index (κ1) is 29.0. The molecule has 2 heterocycles. The first-order valence-electron chi connectivity index (χ1n) is 16.3. The second-order valence-corrected chi connectivity index (χ2v) is 12.4. The van der Waals surface area contributed by atoms with Gasteiger partial charge in [-0.15, -0.1) is 0 Å². The van der Waals surface area contributed by atoms with E-state index in [0.717, 1.165) is 67.1 Å². The summed E-state index contributed by atoms with van der Waals surface area (Å²) in [5.41, 5.74) is 9.53. The summed E-state index contributed by atoms with van der Waals surface area (Å²) in [6, 6.07) is 60.6. The van der Waals surface area contributed by atoms with E-state index >= 15 is 0 Å². The third kappa shape index (κ3) is 5.02. The predicted molar refractivity (Wildman–Crippen MR) is 204 cm³/mol. The molecule has 0 bridgehead atoms. The minimum Gasteiger partial charge on any atom is -0.310 e. The third-order valence-electron chi connectivity index (χ3n) is 9.06. The van der Waals surface area contributed by atoms with Crippen LogP contribution in [0.2, 0.25) is 5.02 Å². The molecule has 9 rings (SSSR count). The van der Waals surface area contributed by atoms with E-state index in [1.54, 1.807) is 0 Å². The van der Waals surface area contributed by atoms with Crippen molar-refractivity contribution in [3.8, 4) is 28.1 Å². The zero-order chi connectivity index (χ0) is 32.7. The summed E-state index contributed by atoms with van der Waals surface area (Å²) in [6.45, 7) is 0. The third-order valence-corrected chi connectivity index (χ3v) is 9.39. The number of anilines is 3. The zero-order valence-corrected chi connectivity index (χ0v) is 27.2. The van der Waals surface area contributed by atoms with Crippen molar-refractivity contribution in [2.45, 2.75) is 0 Å². The van der Waals surface area contributed by atoms with Crippen molar-refractivity contribution in [3.05, 3.63) is 181 Å². The Labute approximate surface area is 289 Å². The van der Waals surface area contributed by atoms with Crippen LogP contribution in [-0.2, 0) is 0 Å². The fourth-order valence-corrected chi connectivity index (χ4v) is 7.08. The van der Waals surface area contributed by atoms with Crippen molar-refractivity contribution in [1.29, 1.82) is 0 Å². The van der Waals surface area contributed by atoms with Gasteiger partial charge in [-0.1, -0.05) is 133 Å². The number of pyridine rings is 1. The Morgan fingerprint density at radius 2 is 1.22 bits per heavy atom. The first-order valence-corrected chi connectivity index (χ1v) is 16.7. The highest BCUT2D eigenvalue weighted by atomic mass is 35.5. The maximum atomic E-state index is 7.08. The number of benzene rings is 7. The average molecular weight is 649 g/mol. The number of rotatable bonds is 6. The largest absolute Gasteiger partial charge is 0.310 e. The van der Waals surface area contributed by atoms with Gasteiger partial charge in [0.2, 0.25) is 0 Å². The lowest BCUT2D eigenvalue weighted by molar-refractivity contribution is 0.903. The maximum Gasteiger partial charge on any atom is 0.164 e. The molecule has 2 aromatic heterocycles. The van der Waals surface area contributed by atoms with Gasteiger partial charge in [-0.25, -0.2) is 9.67 Å². The Bertz CT molecular complexity index is 2610. The second-order valence-electron chi connectivity index (χ2n) is 12.0. The van der Waals surface area contributed by atoms with Gasteiger partial charge in [0, 0.05) is 43.9 Å². The number of para-hydroxylation sites is 2. The summed E-state index contributed by atoms with van der Waals surface area (Å²) >= 11 is 7.08. The monoisotopic (exact) mass is 648 g/mol. The smallest absolute Gasteiger partial charge is 0.164 e. The van der Waals surface area contributed by atoms with Crippen molar-refractivity contribution in [2.75, 3.05) is 4.90 Å². The molecule has 0 aliphatic carbocycles. The maximum absolute atomic E-state index is 7.08. The molecule has 0 unspecified atom stereocenters. The molecule has 0 aliphatic rings. The summed E-state index contributed by atoms with van der Waals surface area (Å²) in [5.74, 6) is 0. The van der Waals surface area contributed by atoms with E-state index in [2.05, 4.69) is 126 Å². The molecule has 0 spiro atoms. The molecule has 49 heavy (non-hydrogen) atoms. The van der Waals surface area contributed by atoms with Crippen molar-refractivity contribution in [2.24, 2.45) is 0 Å². The lowest BCUT2D eigenvalue weighted by Crippen LogP contribution is -2.10. The van der Waals surface area contributed by atoms with E-state index < -0.39 is 0 Å². The van der Waals surface area contributed by atoms with Crippen LogP contribution in [-0.4, -0.2) is 14.8 Å². The molecule has 0 aliphatic heterocycles. The SMILES string of the molecule is Clc1ccccc1-c1c2cc(N(c3ccccc3)c3cccc4ccccc34)ccc2nc2c1c(-c1ccccc1)nn2-c1ccccc1. The molecule has 0 amide bonds. The Balaban J connectivity index is 1.41. The molecule has 0 saturated carbocycles. The number of halogens is 1. The van der Waals surface area contributed by atoms with Crippen LogP contribution in [0.1, 0.15) is 0 Å². The van der Waals surface area contributed by atoms with E-state index in [1.165, 1.54) is 10.8 Å². The van der Waals surface area contributed by atoms with Crippen LogP contribution in [0.5, 0.6) is 0 Å². The molecule has 9 aromatic rings. The van der Waals surface area contributed by atoms with Crippen LogP contribution < -0.4 is 4.90 Å². The predicted octanol–water partition coefficient (Wildman–Crippen LogP) is 12.2. The van der Waals surface area contributed by atoms with E-state index in [9.17, 15) is 0 Å². The summed E-state index contributed by atoms with van der Waals surface area (Å²) in [5, 5.41) is 10.2. The minimum atomic E-state index is 0.669. The minimum absolute atomic E-state index is 0.669. The van der Waals surface area contributed by atoms with Crippen molar-refractivity contribution < 1.29 is 0 Å². The fraction of sp³-hybridized carbons (Fsp3) is 0. The van der Waals surface area contributed by atoms with Gasteiger partial charge < -0.3 is 4.90 Å². The molecule has 7 aromatic carbocycles. The van der Waals surface area contributed by atoms with Gasteiger partial charge in [-0.2, -0.15) is 5.10 Å². The molecule has 0 radical (unpaired) electrons. The van der Waals surface area contributed by atoms with Gasteiger partial charge in [-0.05, 0) is 60.0 Å². The molecule has 4 nitrogen and oxygen atoms in total. The lowest BCUT2D eigenvalue weighted by atomic mass is 9.94. The normalized spacial score (nSPS) is 11.4. The van der Waals surface area contributed by atoms with Gasteiger partial charge in [0.05, 0.1) is 22.3 Å². The topological polar surface area (TPSA) is 34.0 Å². The highest BCUT2D eigenvalue weighted by molar-refractivity contribution is 6.34. The molecule has 0 fully saturated rings. The Morgan fingerprint density at radius 3 is 2.02 bits per heavy atom. The van der Waals surface area contributed by atoms with Crippen LogP contribution in [0.25, 0.3) is 60.8 Å². The Kier molecular flexibility index (Phi) is 7.15. The highest BCUT2D eigenvalue weighted by Gasteiger charge is 2.24. The Hall–Kier alpha value is -6.23. The Morgan fingerprint density at radius 1 is 0.551 bits per heavy atom. The van der Waals surface area contributed by atoms with Gasteiger partial charge in [0.1, 0.15) is 5.69 Å². The van der Waals surface area contributed by atoms with Gasteiger partial charge in [-0.3, -0.25) is 0 Å². The second kappa shape index (κ2) is 12.1. The zero-order valence-electron chi connectivity index (χ0n) is 26.4. The number of hydrogen-bond acceptors (Lipinski definition) is 3. The molecular weight excluding hydrogens is 620 g/mol. The van der Waals surface area contributed by atoms with Crippen molar-refractivity contribution in [3.63, 3.8) is 0 Å². The molecule has 232 valence electrons. The number of fused-ring (bicyclic) bond motifs is 3. The average Bonchev–Trinajstić information content (AvgIpc) is 3.55. The van der Waals surface area contributed by atoms with Crippen molar-refractivity contribution >= 4 is 61.4 Å². The van der Waals surface area contributed by atoms with Crippen LogP contribution >= 0.6 is 11.6 Å². The van der Waals surface area contributed by atoms with Crippen LogP contribution in [0.4, 0.5) is 17.1 Å². The highest BCUT2D eigenvalue weighted by Crippen LogP contribution is 2.46. The molecule has 5 heteroatoms. The van der Waals surface area contributed by atoms with E-state index in [0.29, 0.717) is 5.02 Å². The fourth-order valence-electron chi connectivity index (χ4n) is 6.85. The van der Waals surface area contributed by atoms with Crippen LogP contribution in [0, 0.1) is 0 Å². The van der Waals surface area contributed by atoms with Gasteiger partial charge in [0.15, 0.2) is 5.65 Å². The summed E-state index contributed by atoms with van der Waals surface area (Å²) < 4.78 is 1.96. The van der Waals surface area contributed by atoms with E-state index in [4.69, 9.17) is 21.7 Å². The summed E-state index contributed by atoms with van der Waals surface area (Å²) in [7, 11) is 0. The molecule has 0 N–H and O–H groups in total. The van der Waals surface area contributed by atoms with Crippen molar-refractivity contribution in [1.82, 2.24) is 14.8 Å². The van der Waals surface area contributed by atoms with Crippen LogP contribution in [0.3, 0.4) is 0 Å². The molecule has 0 saturated heterocycles. The number of hydrogen-bond donors (Lipinski definition) is 0. The first-order chi connectivity index (χ1) is 24.2. The molecule has 0 atom stereocenters. The lowest BCUT2D eigenvalue weighted by Gasteiger charge is -2.27. The molecular formula is C44H29ClN4. The summed E-state index contributed by atoms with van der Waals surface area (Å²) in [6.07, 6.45) is 0.